The van der Waals surface area contributed by atoms with E-state index in [1.54, 1.807) is 6.92 Å². The SMILES string of the molecule is COC(=O)[C@@H](Cc1ccc(OC(C)(C)C)cc1)N[C@H](C)C(=O)N[C@@H](Cc1ccccc1)C(=O)NCC(N)=O. The molecule has 3 atom stereocenters. The lowest BCUT2D eigenvalue weighted by atomic mass is 10.0. The molecule has 2 aromatic rings. The van der Waals surface area contributed by atoms with Gasteiger partial charge in [0, 0.05) is 6.42 Å². The second-order valence-corrected chi connectivity index (χ2v) is 9.96. The number of methoxy groups -OCH3 is 1. The molecule has 10 heteroatoms. The first-order valence-electron chi connectivity index (χ1n) is 12.4. The molecule has 0 aliphatic carbocycles. The highest BCUT2D eigenvalue weighted by atomic mass is 16.5. The summed E-state index contributed by atoms with van der Waals surface area (Å²) in [5.41, 5.74) is 6.46. The van der Waals surface area contributed by atoms with E-state index in [1.807, 2.05) is 75.4 Å². The lowest BCUT2D eigenvalue weighted by Gasteiger charge is -2.24. The van der Waals surface area contributed by atoms with E-state index < -0.39 is 41.8 Å². The fourth-order valence-corrected chi connectivity index (χ4v) is 3.67. The van der Waals surface area contributed by atoms with Crippen molar-refractivity contribution in [2.24, 2.45) is 5.73 Å². The van der Waals surface area contributed by atoms with Crippen LogP contribution in [0.5, 0.6) is 5.75 Å². The minimum Gasteiger partial charge on any atom is -0.488 e. The van der Waals surface area contributed by atoms with E-state index in [9.17, 15) is 19.2 Å². The zero-order chi connectivity index (χ0) is 28.3. The number of nitrogens with two attached hydrogens (primary N) is 1. The number of hydrogen-bond acceptors (Lipinski definition) is 7. The fourth-order valence-electron chi connectivity index (χ4n) is 3.67. The van der Waals surface area contributed by atoms with Crippen molar-refractivity contribution in [1.82, 2.24) is 16.0 Å². The number of rotatable bonds is 13. The highest BCUT2D eigenvalue weighted by Crippen LogP contribution is 2.19. The normalized spacial score (nSPS) is 13.5. The van der Waals surface area contributed by atoms with E-state index in [4.69, 9.17) is 15.2 Å². The molecular formula is C28H38N4O6. The van der Waals surface area contributed by atoms with Crippen molar-refractivity contribution in [3.05, 3.63) is 65.7 Å². The number of carbonyl (C=O) groups excluding carboxylic acids is 4. The Morgan fingerprint density at radius 2 is 1.45 bits per heavy atom. The second kappa shape index (κ2) is 14.1. The predicted octanol–water partition coefficient (Wildman–Crippen LogP) is 1.26. The highest BCUT2D eigenvalue weighted by Gasteiger charge is 2.28. The molecule has 2 aromatic carbocycles. The van der Waals surface area contributed by atoms with Crippen LogP contribution in [0.25, 0.3) is 0 Å². The third-order valence-electron chi connectivity index (χ3n) is 5.47. The molecule has 206 valence electrons. The number of ether oxygens (including phenoxy) is 2. The van der Waals surface area contributed by atoms with Crippen molar-refractivity contribution in [1.29, 1.82) is 0 Å². The maximum Gasteiger partial charge on any atom is 0.323 e. The Bertz CT molecular complexity index is 1080. The maximum atomic E-state index is 13.0. The number of benzene rings is 2. The summed E-state index contributed by atoms with van der Waals surface area (Å²) in [7, 11) is 1.28. The maximum absolute atomic E-state index is 13.0. The van der Waals surface area contributed by atoms with Gasteiger partial charge in [0.25, 0.3) is 0 Å². The standard InChI is InChI=1S/C28H38N4O6/c1-18(25(34)32-22(26(35)30-17-24(29)33)15-19-9-7-6-8-10-19)31-23(27(36)37-5)16-20-11-13-21(14-12-20)38-28(2,3)4/h6-14,18,22-23,31H,15-17H2,1-5H3,(H2,29,33)(H,30,35)(H,32,34)/t18-,22+,23-/m1/s1. The van der Waals surface area contributed by atoms with E-state index in [-0.39, 0.29) is 25.0 Å². The molecule has 0 bridgehead atoms. The summed E-state index contributed by atoms with van der Waals surface area (Å²) < 4.78 is 10.8. The lowest BCUT2D eigenvalue weighted by Crippen LogP contribution is -2.56. The summed E-state index contributed by atoms with van der Waals surface area (Å²) in [6.07, 6.45) is 0.472. The Kier molecular flexibility index (Phi) is 11.3. The highest BCUT2D eigenvalue weighted by molar-refractivity contribution is 5.92. The lowest BCUT2D eigenvalue weighted by molar-refractivity contribution is -0.143. The molecule has 0 fully saturated rings. The molecule has 0 saturated heterocycles. The third kappa shape index (κ3) is 10.6. The molecule has 2 rings (SSSR count). The van der Waals surface area contributed by atoms with Gasteiger partial charge in [-0.3, -0.25) is 24.5 Å². The van der Waals surface area contributed by atoms with E-state index >= 15 is 0 Å². The van der Waals surface area contributed by atoms with Crippen molar-refractivity contribution >= 4 is 23.7 Å². The Labute approximate surface area is 223 Å². The van der Waals surface area contributed by atoms with Gasteiger partial charge in [0.15, 0.2) is 0 Å². The van der Waals surface area contributed by atoms with Crippen LogP contribution in [0, 0.1) is 0 Å². The number of amides is 3. The summed E-state index contributed by atoms with van der Waals surface area (Å²) in [6, 6.07) is 13.9. The fraction of sp³-hybridized carbons (Fsp3) is 0.429. The Morgan fingerprint density at radius 3 is 2.00 bits per heavy atom. The predicted molar refractivity (Wildman–Crippen MR) is 143 cm³/mol. The first-order chi connectivity index (χ1) is 17.9. The Balaban J connectivity index is 2.09. The quantitative estimate of drug-likeness (QED) is 0.287. The van der Waals surface area contributed by atoms with Crippen LogP contribution >= 0.6 is 0 Å². The molecule has 3 amide bonds. The largest absolute Gasteiger partial charge is 0.488 e. The van der Waals surface area contributed by atoms with Crippen molar-refractivity contribution in [3.63, 3.8) is 0 Å². The average molecular weight is 527 g/mol. The first-order valence-corrected chi connectivity index (χ1v) is 12.4. The van der Waals surface area contributed by atoms with Gasteiger partial charge in [-0.1, -0.05) is 42.5 Å². The topological polar surface area (TPSA) is 149 Å². The summed E-state index contributed by atoms with van der Waals surface area (Å²) >= 11 is 0. The summed E-state index contributed by atoms with van der Waals surface area (Å²) in [5, 5.41) is 8.15. The van der Waals surface area contributed by atoms with E-state index in [0.29, 0.717) is 5.75 Å². The molecule has 5 N–H and O–H groups in total. The van der Waals surface area contributed by atoms with Gasteiger partial charge in [0.05, 0.1) is 19.7 Å². The van der Waals surface area contributed by atoms with Gasteiger partial charge in [0.2, 0.25) is 17.7 Å². The molecule has 38 heavy (non-hydrogen) atoms. The van der Waals surface area contributed by atoms with E-state index in [1.165, 1.54) is 7.11 Å². The Hall–Kier alpha value is -3.92. The number of carbonyl (C=O) groups is 4. The number of nitrogens with one attached hydrogen (secondary N) is 3. The molecule has 0 aliphatic rings. The average Bonchev–Trinajstić information content (AvgIpc) is 2.86. The van der Waals surface area contributed by atoms with E-state index in [2.05, 4.69) is 16.0 Å². The molecule has 0 saturated carbocycles. The van der Waals surface area contributed by atoms with Gasteiger partial charge in [-0.05, 0) is 57.4 Å². The minimum atomic E-state index is -0.958. The van der Waals surface area contributed by atoms with Crippen molar-refractivity contribution in [2.75, 3.05) is 13.7 Å². The molecule has 0 aliphatic heterocycles. The third-order valence-corrected chi connectivity index (χ3v) is 5.47. The van der Waals surface area contributed by atoms with E-state index in [0.717, 1.165) is 11.1 Å². The number of hydrogen-bond donors (Lipinski definition) is 4. The molecule has 10 nitrogen and oxygen atoms in total. The van der Waals surface area contributed by atoms with Crippen LogP contribution < -0.4 is 26.4 Å². The van der Waals surface area contributed by atoms with Crippen LogP contribution in [-0.4, -0.2) is 61.1 Å². The van der Waals surface area contributed by atoms with Crippen LogP contribution in [0.1, 0.15) is 38.8 Å². The van der Waals surface area contributed by atoms with Crippen molar-refractivity contribution < 1.29 is 28.7 Å². The monoisotopic (exact) mass is 526 g/mol. The van der Waals surface area contributed by atoms with Gasteiger partial charge in [-0.15, -0.1) is 0 Å². The molecule has 0 aromatic heterocycles. The van der Waals surface area contributed by atoms with Gasteiger partial charge >= 0.3 is 5.97 Å². The molecule has 0 radical (unpaired) electrons. The van der Waals surface area contributed by atoms with Crippen molar-refractivity contribution in [2.45, 2.75) is 64.3 Å². The molecule has 0 heterocycles. The van der Waals surface area contributed by atoms with Crippen LogP contribution in [0.2, 0.25) is 0 Å². The van der Waals surface area contributed by atoms with Crippen LogP contribution in [0.15, 0.2) is 54.6 Å². The van der Waals surface area contributed by atoms with Gasteiger partial charge in [-0.2, -0.15) is 0 Å². The van der Waals surface area contributed by atoms with Gasteiger partial charge in [0.1, 0.15) is 23.4 Å². The summed E-state index contributed by atoms with van der Waals surface area (Å²) in [6.45, 7) is 7.10. The first kappa shape index (κ1) is 30.3. The van der Waals surface area contributed by atoms with Crippen LogP contribution in [-0.2, 0) is 36.8 Å². The zero-order valence-corrected chi connectivity index (χ0v) is 22.6. The van der Waals surface area contributed by atoms with Crippen LogP contribution in [0.4, 0.5) is 0 Å². The zero-order valence-electron chi connectivity index (χ0n) is 22.6. The Morgan fingerprint density at radius 1 is 0.868 bits per heavy atom. The summed E-state index contributed by atoms with van der Waals surface area (Å²) in [4.78, 5) is 49.4. The molecule has 0 unspecified atom stereocenters. The van der Waals surface area contributed by atoms with Crippen molar-refractivity contribution in [3.8, 4) is 5.75 Å². The minimum absolute atomic E-state index is 0.202. The smallest absolute Gasteiger partial charge is 0.323 e. The molecular weight excluding hydrogens is 488 g/mol. The van der Waals surface area contributed by atoms with Gasteiger partial charge in [-0.25, -0.2) is 0 Å². The van der Waals surface area contributed by atoms with Crippen LogP contribution in [0.3, 0.4) is 0 Å². The number of esters is 1. The molecule has 0 spiro atoms. The number of primary amides is 1. The van der Waals surface area contributed by atoms with Gasteiger partial charge < -0.3 is 25.8 Å². The second-order valence-electron chi connectivity index (χ2n) is 9.96. The summed E-state index contributed by atoms with van der Waals surface area (Å²) in [5.74, 6) is -1.56.